The van der Waals surface area contributed by atoms with Crippen molar-refractivity contribution in [2.75, 3.05) is 21.2 Å². The van der Waals surface area contributed by atoms with Crippen LogP contribution in [0.5, 0.6) is 11.5 Å². The van der Waals surface area contributed by atoms with Crippen LogP contribution in [-0.2, 0) is 15.8 Å². The number of carbonyl (C=O) groups is 1. The Hall–Kier alpha value is -2.65. The number of nitrogens with zero attached hydrogens (tertiary/aromatic N) is 2. The lowest BCUT2D eigenvalue weighted by molar-refractivity contribution is 0.0754. The minimum absolute atomic E-state index is 0.167. The molecule has 0 fully saturated rings. The number of rotatable bonds is 7. The highest BCUT2D eigenvalue weighted by Gasteiger charge is 2.17. The lowest BCUT2D eigenvalue weighted by Crippen LogP contribution is -2.27. The normalized spacial score (nSPS) is 11.2. The average Bonchev–Trinajstić information content (AvgIpc) is 2.60. The van der Waals surface area contributed by atoms with Gasteiger partial charge >= 0.3 is 0 Å². The Morgan fingerprint density at radius 2 is 1.84 bits per heavy atom. The average molecular weight is 365 g/mol. The third-order valence-corrected chi connectivity index (χ3v) is 5.14. The van der Waals surface area contributed by atoms with Gasteiger partial charge < -0.3 is 9.57 Å². The van der Waals surface area contributed by atoms with E-state index in [4.69, 9.17) is 9.57 Å². The van der Waals surface area contributed by atoms with E-state index in [0.29, 0.717) is 16.9 Å². The number of hydroxylamine groups is 1. The maximum absolute atomic E-state index is 12.0. The summed E-state index contributed by atoms with van der Waals surface area (Å²) >= 11 is 0. The van der Waals surface area contributed by atoms with Crippen LogP contribution in [0.25, 0.3) is 0 Å². The molecule has 0 bridgehead atoms. The second-order valence-electron chi connectivity index (χ2n) is 5.29. The van der Waals surface area contributed by atoms with Crippen LogP contribution in [0.2, 0.25) is 0 Å². The monoisotopic (exact) mass is 365 g/mol. The molecule has 0 aliphatic heterocycles. The van der Waals surface area contributed by atoms with E-state index >= 15 is 0 Å². The smallest absolute Gasteiger partial charge is 0.284 e. The van der Waals surface area contributed by atoms with E-state index in [-0.39, 0.29) is 11.5 Å². The molecule has 0 aliphatic rings. The Labute approximate surface area is 146 Å². The molecule has 25 heavy (non-hydrogen) atoms. The minimum atomic E-state index is -3.39. The minimum Gasteiger partial charge on any atom is -0.493 e. The molecule has 2 aromatic rings. The molecule has 0 saturated carbocycles. The largest absolute Gasteiger partial charge is 0.493 e. The zero-order chi connectivity index (χ0) is 18.4. The van der Waals surface area contributed by atoms with Gasteiger partial charge in [0.15, 0.2) is 11.5 Å². The molecule has 2 rings (SSSR count). The van der Waals surface area contributed by atoms with E-state index in [0.717, 1.165) is 4.31 Å². The quantitative estimate of drug-likeness (QED) is 0.741. The number of nitrogens with one attached hydrogen (secondary N) is 1. The molecular formula is C16H19N3O5S. The molecule has 1 heterocycles. The number of methoxy groups -OCH3 is 1. The van der Waals surface area contributed by atoms with Gasteiger partial charge in [-0.3, -0.25) is 9.78 Å². The Balaban J connectivity index is 2.10. The predicted octanol–water partition coefficient (Wildman–Crippen LogP) is 1.21. The molecular weight excluding hydrogens is 346 g/mol. The van der Waals surface area contributed by atoms with Gasteiger partial charge in [-0.2, -0.15) is 5.48 Å². The van der Waals surface area contributed by atoms with Crippen molar-refractivity contribution in [2.24, 2.45) is 0 Å². The molecule has 0 radical (unpaired) electrons. The number of sulfonamides is 1. The summed E-state index contributed by atoms with van der Waals surface area (Å²) in [5, 5.41) is 0. The van der Waals surface area contributed by atoms with Crippen LogP contribution in [0, 0.1) is 0 Å². The topological polar surface area (TPSA) is 97.8 Å². The van der Waals surface area contributed by atoms with Crippen molar-refractivity contribution < 1.29 is 22.8 Å². The number of pyridine rings is 1. The van der Waals surface area contributed by atoms with Crippen molar-refractivity contribution in [3.05, 3.63) is 53.9 Å². The van der Waals surface area contributed by atoms with Gasteiger partial charge in [0.1, 0.15) is 0 Å². The Morgan fingerprint density at radius 1 is 1.16 bits per heavy atom. The number of hydrogen-bond acceptors (Lipinski definition) is 6. The first-order valence-electron chi connectivity index (χ1n) is 7.28. The summed E-state index contributed by atoms with van der Waals surface area (Å²) in [6, 6.07) is 7.77. The Kier molecular flexibility index (Phi) is 5.94. The fourth-order valence-electron chi connectivity index (χ4n) is 1.89. The van der Waals surface area contributed by atoms with Crippen LogP contribution in [0.3, 0.4) is 0 Å². The van der Waals surface area contributed by atoms with Crippen LogP contribution in [0.4, 0.5) is 0 Å². The molecule has 134 valence electrons. The van der Waals surface area contributed by atoms with Gasteiger partial charge in [0, 0.05) is 32.1 Å². The first-order valence-corrected chi connectivity index (χ1v) is 8.88. The number of amides is 1. The highest BCUT2D eigenvalue weighted by Crippen LogP contribution is 2.28. The van der Waals surface area contributed by atoms with Gasteiger partial charge in [0.2, 0.25) is 10.0 Å². The van der Waals surface area contributed by atoms with Gasteiger partial charge in [0.25, 0.3) is 5.91 Å². The van der Waals surface area contributed by atoms with E-state index in [1.165, 1.54) is 39.7 Å². The summed E-state index contributed by atoms with van der Waals surface area (Å²) in [6.45, 7) is 0. The SMILES string of the molecule is COc1cc(CS(=O)(=O)N(C)C)ccc1ONC(=O)c1ccncc1. The molecule has 1 N–H and O–H groups in total. The van der Waals surface area contributed by atoms with Crippen LogP contribution in [-0.4, -0.2) is 44.8 Å². The van der Waals surface area contributed by atoms with E-state index < -0.39 is 15.9 Å². The Morgan fingerprint density at radius 3 is 2.44 bits per heavy atom. The molecule has 0 spiro atoms. The van der Waals surface area contributed by atoms with Crippen molar-refractivity contribution >= 4 is 15.9 Å². The lowest BCUT2D eigenvalue weighted by Gasteiger charge is -2.14. The zero-order valence-electron chi connectivity index (χ0n) is 14.1. The summed E-state index contributed by atoms with van der Waals surface area (Å²) in [5.41, 5.74) is 3.23. The number of carbonyl (C=O) groups excluding carboxylic acids is 1. The van der Waals surface area contributed by atoms with Crippen LogP contribution >= 0.6 is 0 Å². The van der Waals surface area contributed by atoms with Crippen molar-refractivity contribution in [1.29, 1.82) is 0 Å². The molecule has 0 atom stereocenters. The molecule has 1 amide bonds. The molecule has 9 heteroatoms. The van der Waals surface area contributed by atoms with Gasteiger partial charge in [-0.1, -0.05) is 6.07 Å². The standard InChI is InChI=1S/C16H19N3O5S/c1-19(2)25(21,22)11-12-4-5-14(15(10-12)23-3)24-18-16(20)13-6-8-17-9-7-13/h4-10H,11H2,1-3H3,(H,18,20). The number of aromatic nitrogens is 1. The van der Waals surface area contributed by atoms with Crippen molar-refractivity contribution in [3.8, 4) is 11.5 Å². The Bertz CT molecular complexity index is 838. The highest BCUT2D eigenvalue weighted by molar-refractivity contribution is 7.88. The summed E-state index contributed by atoms with van der Waals surface area (Å²) in [5.74, 6) is -0.0406. The van der Waals surface area contributed by atoms with Gasteiger partial charge in [0.05, 0.1) is 12.9 Å². The third kappa shape index (κ3) is 4.91. The first-order chi connectivity index (χ1) is 11.8. The summed E-state index contributed by atoms with van der Waals surface area (Å²) in [7, 11) is 0.980. The maximum atomic E-state index is 12.0. The van der Waals surface area contributed by atoms with Crippen LogP contribution in [0.1, 0.15) is 15.9 Å². The van der Waals surface area contributed by atoms with Crippen molar-refractivity contribution in [2.45, 2.75) is 5.75 Å². The molecule has 0 aliphatic carbocycles. The second kappa shape index (κ2) is 7.95. The number of benzene rings is 1. The van der Waals surface area contributed by atoms with E-state index in [1.807, 2.05) is 0 Å². The number of ether oxygens (including phenoxy) is 1. The maximum Gasteiger partial charge on any atom is 0.284 e. The van der Waals surface area contributed by atoms with Gasteiger partial charge in [-0.15, -0.1) is 0 Å². The van der Waals surface area contributed by atoms with Gasteiger partial charge in [-0.05, 0) is 29.8 Å². The van der Waals surface area contributed by atoms with E-state index in [9.17, 15) is 13.2 Å². The van der Waals surface area contributed by atoms with E-state index in [1.54, 1.807) is 24.3 Å². The molecule has 0 saturated heterocycles. The predicted molar refractivity (Wildman–Crippen MR) is 91.6 cm³/mol. The highest BCUT2D eigenvalue weighted by atomic mass is 32.2. The summed E-state index contributed by atoms with van der Waals surface area (Å²) in [6.07, 6.45) is 2.99. The van der Waals surface area contributed by atoms with Crippen molar-refractivity contribution in [1.82, 2.24) is 14.8 Å². The third-order valence-electron chi connectivity index (χ3n) is 3.33. The number of hydrogen-bond donors (Lipinski definition) is 1. The van der Waals surface area contributed by atoms with Crippen LogP contribution < -0.4 is 15.1 Å². The van der Waals surface area contributed by atoms with Crippen LogP contribution in [0.15, 0.2) is 42.7 Å². The van der Waals surface area contributed by atoms with Gasteiger partial charge in [-0.25, -0.2) is 12.7 Å². The van der Waals surface area contributed by atoms with Crippen molar-refractivity contribution in [3.63, 3.8) is 0 Å². The fraction of sp³-hybridized carbons (Fsp3) is 0.250. The first kappa shape index (κ1) is 18.7. The lowest BCUT2D eigenvalue weighted by atomic mass is 10.2. The molecule has 0 unspecified atom stereocenters. The summed E-state index contributed by atoms with van der Waals surface area (Å²) in [4.78, 5) is 21.1. The summed E-state index contributed by atoms with van der Waals surface area (Å²) < 4.78 is 30.3. The molecule has 1 aromatic heterocycles. The molecule has 1 aromatic carbocycles. The molecule has 8 nitrogen and oxygen atoms in total. The van der Waals surface area contributed by atoms with E-state index in [2.05, 4.69) is 10.5 Å². The fourth-order valence-corrected chi connectivity index (χ4v) is 2.75. The second-order valence-corrected chi connectivity index (χ2v) is 7.48. The zero-order valence-corrected chi connectivity index (χ0v) is 14.9.